The normalized spacial score (nSPS) is 11.7. The van der Waals surface area contributed by atoms with Gasteiger partial charge in [0.25, 0.3) is 0 Å². The van der Waals surface area contributed by atoms with E-state index in [1.165, 1.54) is 21.2 Å². The molecule has 0 amide bonds. The van der Waals surface area contributed by atoms with Crippen LogP contribution in [0.3, 0.4) is 0 Å². The molecule has 0 unspecified atom stereocenters. The molecule has 0 aliphatic heterocycles. The molecule has 0 atom stereocenters. The molecule has 0 saturated heterocycles. The van der Waals surface area contributed by atoms with Crippen molar-refractivity contribution >= 4 is 38.3 Å². The van der Waals surface area contributed by atoms with Gasteiger partial charge in [-0.3, -0.25) is 4.55 Å². The summed E-state index contributed by atoms with van der Waals surface area (Å²) in [5, 5.41) is 0. The van der Waals surface area contributed by atoms with E-state index in [-0.39, 0.29) is 0 Å². The Balaban J connectivity index is 3.85. The average Bonchev–Trinajstić information content (AvgIpc) is 1.35. The summed E-state index contributed by atoms with van der Waals surface area (Å²) in [5.41, 5.74) is 0. The summed E-state index contributed by atoms with van der Waals surface area (Å²) in [7, 11) is -3.38. The molecule has 0 spiro atoms. The van der Waals surface area contributed by atoms with Gasteiger partial charge in [-0.2, -0.15) is 8.42 Å². The van der Waals surface area contributed by atoms with Gasteiger partial charge in [-0.15, -0.1) is 0 Å². The van der Waals surface area contributed by atoms with Gasteiger partial charge in [0.1, 0.15) is 0 Å². The molecule has 0 rings (SSSR count). The van der Waals surface area contributed by atoms with Gasteiger partial charge in [0, 0.05) is 21.2 Å². The van der Waals surface area contributed by atoms with Crippen molar-refractivity contribution in [3.05, 3.63) is 0 Å². The summed E-state index contributed by atoms with van der Waals surface area (Å²) in [6.07, 6.45) is 0. The SMILES string of the molecule is O=S(=O)(O)SI. The molecule has 0 aromatic heterocycles. The van der Waals surface area contributed by atoms with E-state index in [4.69, 9.17) is 4.55 Å². The van der Waals surface area contributed by atoms with Crippen LogP contribution in [0.15, 0.2) is 0 Å². The fourth-order valence-electron chi connectivity index (χ4n) is 0. The Morgan fingerprint density at radius 1 is 1.67 bits per heavy atom. The topological polar surface area (TPSA) is 54.4 Å². The zero-order chi connectivity index (χ0) is 5.21. The summed E-state index contributed by atoms with van der Waals surface area (Å²) in [4.78, 5) is 0. The minimum Gasteiger partial charge on any atom is -0.277 e. The van der Waals surface area contributed by atoms with Crippen LogP contribution in [0, 0.1) is 0 Å². The van der Waals surface area contributed by atoms with Crippen molar-refractivity contribution in [2.75, 3.05) is 0 Å². The Kier molecular flexibility index (Phi) is 2.72. The van der Waals surface area contributed by atoms with Crippen LogP contribution in [0.5, 0.6) is 0 Å². The van der Waals surface area contributed by atoms with E-state index < -0.39 is 9.15 Å². The summed E-state index contributed by atoms with van der Waals surface area (Å²) >= 11 is 1.47. The first-order valence-corrected chi connectivity index (χ1v) is 6.15. The molecule has 0 aliphatic carbocycles. The highest BCUT2D eigenvalue weighted by atomic mass is 127. The van der Waals surface area contributed by atoms with E-state index in [9.17, 15) is 8.42 Å². The van der Waals surface area contributed by atoms with Gasteiger partial charge in [-0.1, -0.05) is 0 Å². The molecule has 0 bridgehead atoms. The zero-order valence-corrected chi connectivity index (χ0v) is 6.25. The molecule has 6 heavy (non-hydrogen) atoms. The van der Waals surface area contributed by atoms with Crippen molar-refractivity contribution in [2.24, 2.45) is 0 Å². The summed E-state index contributed by atoms with van der Waals surface area (Å²) < 4.78 is 26.8. The molecule has 0 saturated carbocycles. The fraction of sp³-hybridized carbons (Fsp3) is 0. The van der Waals surface area contributed by atoms with Crippen LogP contribution < -0.4 is 0 Å². The minimum atomic E-state index is -3.76. The molecular weight excluding hydrogens is 239 g/mol. The van der Waals surface area contributed by atoms with Gasteiger partial charge in [-0.05, 0) is 0 Å². The number of hydrogen-bond acceptors (Lipinski definition) is 3. The Morgan fingerprint density at radius 2 is 1.83 bits per heavy atom. The van der Waals surface area contributed by atoms with E-state index in [2.05, 4.69) is 0 Å². The Bertz CT molecular complexity index is 111. The van der Waals surface area contributed by atoms with Crippen LogP contribution in [-0.4, -0.2) is 13.0 Å². The second kappa shape index (κ2) is 2.34. The van der Waals surface area contributed by atoms with E-state index in [0.29, 0.717) is 7.97 Å². The molecule has 0 aromatic rings. The quantitative estimate of drug-likeness (QED) is 0.419. The summed E-state index contributed by atoms with van der Waals surface area (Å²) in [6.45, 7) is 0. The van der Waals surface area contributed by atoms with Crippen LogP contribution in [0.25, 0.3) is 0 Å². The minimum absolute atomic E-state index is 0.380. The van der Waals surface area contributed by atoms with Crippen molar-refractivity contribution in [3.63, 3.8) is 0 Å². The van der Waals surface area contributed by atoms with Crippen molar-refractivity contribution in [1.82, 2.24) is 0 Å². The molecule has 3 nitrogen and oxygen atoms in total. The number of rotatable bonds is 1. The zero-order valence-electron chi connectivity index (χ0n) is 2.46. The maximum atomic E-state index is 9.51. The lowest BCUT2D eigenvalue weighted by molar-refractivity contribution is 0.503. The standard InChI is InChI=1S/HIO3S2/c1-5-6(2,3)4/h(H,2,3,4). The highest BCUT2D eigenvalue weighted by molar-refractivity contribution is 14.2. The van der Waals surface area contributed by atoms with Crippen LogP contribution in [0.2, 0.25) is 0 Å². The Hall–Kier alpha value is 0.990. The van der Waals surface area contributed by atoms with E-state index in [1.54, 1.807) is 0 Å². The molecule has 0 aliphatic rings. The maximum Gasteiger partial charge on any atom is 0.329 e. The van der Waals surface area contributed by atoms with Crippen LogP contribution in [0.1, 0.15) is 0 Å². The van der Waals surface area contributed by atoms with Crippen LogP contribution >= 0.6 is 29.2 Å². The third-order valence-electron chi connectivity index (χ3n) is 0.0796. The molecule has 0 aromatic carbocycles. The van der Waals surface area contributed by atoms with Gasteiger partial charge >= 0.3 is 9.15 Å². The maximum absolute atomic E-state index is 9.51. The predicted octanol–water partition coefficient (Wildman–Crippen LogP) is 0.872. The lowest BCUT2D eigenvalue weighted by Gasteiger charge is -1.76. The number of hydrogen-bond donors (Lipinski definition) is 1. The van der Waals surface area contributed by atoms with Gasteiger partial charge < -0.3 is 0 Å². The Labute approximate surface area is 51.2 Å². The second-order valence-electron chi connectivity index (χ2n) is 0.491. The van der Waals surface area contributed by atoms with E-state index >= 15 is 0 Å². The monoisotopic (exact) mass is 240 g/mol. The Morgan fingerprint density at radius 3 is 1.83 bits per heavy atom. The van der Waals surface area contributed by atoms with Gasteiger partial charge in [-0.25, -0.2) is 0 Å². The van der Waals surface area contributed by atoms with Crippen LogP contribution in [0.4, 0.5) is 0 Å². The van der Waals surface area contributed by atoms with Gasteiger partial charge in [0.05, 0.1) is 7.97 Å². The highest BCUT2D eigenvalue weighted by Crippen LogP contribution is 2.17. The molecule has 1 N–H and O–H groups in total. The van der Waals surface area contributed by atoms with E-state index in [1.807, 2.05) is 0 Å². The average molecular weight is 240 g/mol. The second-order valence-corrected chi connectivity index (χ2v) is 6.35. The third kappa shape index (κ3) is 4.99. The molecule has 0 radical (unpaired) electrons. The lowest BCUT2D eigenvalue weighted by atomic mass is 15.9. The van der Waals surface area contributed by atoms with E-state index in [0.717, 1.165) is 0 Å². The van der Waals surface area contributed by atoms with Gasteiger partial charge in [0.2, 0.25) is 0 Å². The lowest BCUT2D eigenvalue weighted by Crippen LogP contribution is -1.81. The van der Waals surface area contributed by atoms with Crippen molar-refractivity contribution in [3.8, 4) is 0 Å². The third-order valence-corrected chi connectivity index (χ3v) is 4.81. The van der Waals surface area contributed by atoms with Gasteiger partial charge in [0.15, 0.2) is 0 Å². The molecule has 0 heterocycles. The van der Waals surface area contributed by atoms with Crippen molar-refractivity contribution < 1.29 is 13.0 Å². The van der Waals surface area contributed by atoms with Crippen LogP contribution in [-0.2, 0) is 9.15 Å². The highest BCUT2D eigenvalue weighted by Gasteiger charge is 1.97. The molecule has 0 fully saturated rings. The molecule has 38 valence electrons. The number of halogens is 1. The smallest absolute Gasteiger partial charge is 0.277 e. The fourth-order valence-corrected chi connectivity index (χ4v) is 0. The van der Waals surface area contributed by atoms with Crippen molar-refractivity contribution in [1.29, 1.82) is 0 Å². The molecule has 6 heteroatoms. The largest absolute Gasteiger partial charge is 0.329 e. The summed E-state index contributed by atoms with van der Waals surface area (Å²) in [5.74, 6) is 0. The van der Waals surface area contributed by atoms with Crippen molar-refractivity contribution in [2.45, 2.75) is 0 Å². The molecular formula is HIO3S2. The summed E-state index contributed by atoms with van der Waals surface area (Å²) in [6, 6.07) is 0. The predicted molar refractivity (Wildman–Crippen MR) is 33.2 cm³/mol. The first-order chi connectivity index (χ1) is 2.56. The first-order valence-electron chi connectivity index (χ1n) is 0.837. The first kappa shape index (κ1) is 6.99.